The fraction of sp³-hybridized carbons (Fsp3) is 0.333. The van der Waals surface area contributed by atoms with Crippen LogP contribution in [-0.2, 0) is 0 Å². The highest BCUT2D eigenvalue weighted by Crippen LogP contribution is 2.32. The summed E-state index contributed by atoms with van der Waals surface area (Å²) in [4.78, 5) is 20.2. The summed E-state index contributed by atoms with van der Waals surface area (Å²) in [5.41, 5.74) is 1.99. The SMILES string of the molecule is Cc1cc(Nc2cc(N3CC(N4CCCC4)C3)nc(Sc3ccc4ncccc4c3)n2)n[nH]1. The Hall–Kier alpha value is -3.17. The molecule has 5 heterocycles. The van der Waals surface area contributed by atoms with Crippen molar-refractivity contribution in [1.82, 2.24) is 30.0 Å². The van der Waals surface area contributed by atoms with Gasteiger partial charge in [-0.05, 0) is 68.9 Å². The van der Waals surface area contributed by atoms with E-state index in [9.17, 15) is 0 Å². The molecule has 6 rings (SSSR count). The van der Waals surface area contributed by atoms with Crippen LogP contribution in [-0.4, -0.2) is 62.3 Å². The quantitative estimate of drug-likeness (QED) is 0.415. The lowest BCUT2D eigenvalue weighted by Crippen LogP contribution is -2.59. The molecule has 0 atom stereocenters. The summed E-state index contributed by atoms with van der Waals surface area (Å²) < 4.78 is 0. The zero-order chi connectivity index (χ0) is 22.2. The molecular formula is C24H26N8S. The summed E-state index contributed by atoms with van der Waals surface area (Å²) in [6, 6.07) is 14.9. The van der Waals surface area contributed by atoms with Crippen molar-refractivity contribution >= 4 is 40.1 Å². The first-order valence-electron chi connectivity index (χ1n) is 11.4. The molecule has 0 unspecified atom stereocenters. The van der Waals surface area contributed by atoms with E-state index in [0.717, 1.165) is 57.2 Å². The first-order valence-corrected chi connectivity index (χ1v) is 12.2. The van der Waals surface area contributed by atoms with Crippen molar-refractivity contribution in [2.75, 3.05) is 36.4 Å². The van der Waals surface area contributed by atoms with Crippen molar-refractivity contribution in [1.29, 1.82) is 0 Å². The second-order valence-electron chi connectivity index (χ2n) is 8.72. The van der Waals surface area contributed by atoms with Gasteiger partial charge in [-0.25, -0.2) is 9.97 Å². The summed E-state index contributed by atoms with van der Waals surface area (Å²) in [6.45, 7) is 6.47. The third-order valence-electron chi connectivity index (χ3n) is 6.28. The predicted molar refractivity (Wildman–Crippen MR) is 131 cm³/mol. The number of hydrogen-bond acceptors (Lipinski definition) is 8. The van der Waals surface area contributed by atoms with Crippen molar-refractivity contribution in [2.24, 2.45) is 0 Å². The standard InChI is InChI=1S/C24H26N8S/c1-16-11-22(30-29-16)26-21-13-23(32-14-18(15-32)31-9-2-3-10-31)28-24(27-21)33-19-6-7-20-17(12-19)5-4-8-25-20/h4-8,11-13,18H,2-3,9-10,14-15H2,1H3,(H2,26,27,28,29,30). The molecule has 2 saturated heterocycles. The molecule has 0 saturated carbocycles. The van der Waals surface area contributed by atoms with Gasteiger partial charge in [0.1, 0.15) is 11.6 Å². The van der Waals surface area contributed by atoms with Gasteiger partial charge >= 0.3 is 0 Å². The number of benzene rings is 1. The van der Waals surface area contributed by atoms with Crippen LogP contribution in [0.5, 0.6) is 0 Å². The number of aromatic amines is 1. The molecule has 0 amide bonds. The van der Waals surface area contributed by atoms with Crippen molar-refractivity contribution in [3.63, 3.8) is 0 Å². The fourth-order valence-electron chi connectivity index (χ4n) is 4.50. The minimum Gasteiger partial charge on any atom is -0.353 e. The second-order valence-corrected chi connectivity index (χ2v) is 9.76. The van der Waals surface area contributed by atoms with E-state index in [-0.39, 0.29) is 0 Å². The Balaban J connectivity index is 1.27. The van der Waals surface area contributed by atoms with E-state index in [1.54, 1.807) is 11.8 Å². The van der Waals surface area contributed by atoms with Crippen LogP contribution in [0.3, 0.4) is 0 Å². The largest absolute Gasteiger partial charge is 0.353 e. The lowest BCUT2D eigenvalue weighted by Gasteiger charge is -2.44. The number of anilines is 3. The van der Waals surface area contributed by atoms with Crippen LogP contribution in [0.25, 0.3) is 10.9 Å². The number of nitrogens with one attached hydrogen (secondary N) is 2. The van der Waals surface area contributed by atoms with Gasteiger partial charge in [-0.3, -0.25) is 15.0 Å². The number of fused-ring (bicyclic) bond motifs is 1. The topological polar surface area (TPSA) is 85.9 Å². The number of pyridine rings is 1. The van der Waals surface area contributed by atoms with Crippen LogP contribution in [0, 0.1) is 6.92 Å². The Kier molecular flexibility index (Phi) is 5.35. The fourth-order valence-corrected chi connectivity index (χ4v) is 5.32. The number of hydrogen-bond donors (Lipinski definition) is 2. The summed E-state index contributed by atoms with van der Waals surface area (Å²) in [5, 5.41) is 12.4. The Morgan fingerprint density at radius 2 is 1.91 bits per heavy atom. The zero-order valence-electron chi connectivity index (χ0n) is 18.5. The van der Waals surface area contributed by atoms with E-state index in [1.807, 2.05) is 37.4 Å². The van der Waals surface area contributed by atoms with E-state index >= 15 is 0 Å². The highest BCUT2D eigenvalue weighted by Gasteiger charge is 2.34. The van der Waals surface area contributed by atoms with Gasteiger partial charge in [0.15, 0.2) is 11.0 Å². The molecule has 4 aromatic rings. The molecule has 9 heteroatoms. The molecular weight excluding hydrogens is 432 g/mol. The summed E-state index contributed by atoms with van der Waals surface area (Å²) in [5.74, 6) is 2.46. The van der Waals surface area contributed by atoms with Gasteiger partial charge < -0.3 is 10.2 Å². The van der Waals surface area contributed by atoms with Crippen LogP contribution in [0.2, 0.25) is 0 Å². The summed E-state index contributed by atoms with van der Waals surface area (Å²) in [6.07, 6.45) is 4.46. The van der Waals surface area contributed by atoms with E-state index in [0.29, 0.717) is 6.04 Å². The van der Waals surface area contributed by atoms with Crippen molar-refractivity contribution in [3.8, 4) is 0 Å². The Labute approximate surface area is 196 Å². The van der Waals surface area contributed by atoms with Crippen LogP contribution in [0.15, 0.2) is 58.7 Å². The molecule has 0 radical (unpaired) electrons. The molecule has 0 bridgehead atoms. The first kappa shape index (κ1) is 20.4. The summed E-state index contributed by atoms with van der Waals surface area (Å²) in [7, 11) is 0. The molecule has 33 heavy (non-hydrogen) atoms. The zero-order valence-corrected chi connectivity index (χ0v) is 19.3. The number of aryl methyl sites for hydroxylation is 1. The Morgan fingerprint density at radius 1 is 1.03 bits per heavy atom. The first-order chi connectivity index (χ1) is 16.2. The van der Waals surface area contributed by atoms with Gasteiger partial charge in [0, 0.05) is 53.4 Å². The van der Waals surface area contributed by atoms with Crippen LogP contribution in [0.1, 0.15) is 18.5 Å². The molecule has 1 aromatic carbocycles. The van der Waals surface area contributed by atoms with Gasteiger partial charge in [-0.1, -0.05) is 6.07 Å². The Morgan fingerprint density at radius 3 is 2.73 bits per heavy atom. The minimum absolute atomic E-state index is 0.636. The number of likely N-dealkylation sites (tertiary alicyclic amines) is 1. The maximum Gasteiger partial charge on any atom is 0.196 e. The predicted octanol–water partition coefficient (Wildman–Crippen LogP) is 4.24. The normalized spacial score (nSPS) is 16.9. The Bertz CT molecular complexity index is 1280. The van der Waals surface area contributed by atoms with Crippen LogP contribution >= 0.6 is 11.8 Å². The van der Waals surface area contributed by atoms with Crippen LogP contribution in [0.4, 0.5) is 17.5 Å². The number of rotatable bonds is 6. The minimum atomic E-state index is 0.636. The summed E-state index contributed by atoms with van der Waals surface area (Å²) >= 11 is 1.57. The molecule has 2 aliphatic rings. The van der Waals surface area contributed by atoms with E-state index in [1.165, 1.54) is 25.9 Å². The second kappa shape index (κ2) is 8.64. The number of nitrogens with zero attached hydrogens (tertiary/aromatic N) is 6. The molecule has 2 fully saturated rings. The average molecular weight is 459 g/mol. The van der Waals surface area contributed by atoms with Crippen LogP contribution < -0.4 is 10.2 Å². The lowest BCUT2D eigenvalue weighted by atomic mass is 10.1. The van der Waals surface area contributed by atoms with Gasteiger partial charge in [-0.2, -0.15) is 5.10 Å². The molecule has 2 aliphatic heterocycles. The van der Waals surface area contributed by atoms with E-state index < -0.39 is 0 Å². The highest BCUT2D eigenvalue weighted by atomic mass is 32.2. The molecule has 8 nitrogen and oxygen atoms in total. The highest BCUT2D eigenvalue weighted by molar-refractivity contribution is 7.99. The van der Waals surface area contributed by atoms with Crippen molar-refractivity contribution < 1.29 is 0 Å². The maximum atomic E-state index is 4.91. The average Bonchev–Trinajstić information content (AvgIpc) is 3.45. The molecule has 168 valence electrons. The van der Waals surface area contributed by atoms with Gasteiger partial charge in [0.05, 0.1) is 5.52 Å². The van der Waals surface area contributed by atoms with Crippen molar-refractivity contribution in [2.45, 2.75) is 35.9 Å². The smallest absolute Gasteiger partial charge is 0.196 e. The third-order valence-corrected chi connectivity index (χ3v) is 7.14. The molecule has 0 aliphatic carbocycles. The lowest BCUT2D eigenvalue weighted by molar-refractivity contribution is 0.204. The third kappa shape index (κ3) is 4.38. The monoisotopic (exact) mass is 458 g/mol. The molecule has 2 N–H and O–H groups in total. The number of aromatic nitrogens is 5. The molecule has 3 aromatic heterocycles. The number of H-pyrrole nitrogens is 1. The maximum absolute atomic E-state index is 4.91. The molecule has 0 spiro atoms. The van der Waals surface area contributed by atoms with Gasteiger partial charge in [0.25, 0.3) is 0 Å². The van der Waals surface area contributed by atoms with Gasteiger partial charge in [-0.15, -0.1) is 0 Å². The van der Waals surface area contributed by atoms with Crippen molar-refractivity contribution in [3.05, 3.63) is 54.4 Å². The van der Waals surface area contributed by atoms with E-state index in [2.05, 4.69) is 48.5 Å². The van der Waals surface area contributed by atoms with Gasteiger partial charge in [0.2, 0.25) is 0 Å². The van der Waals surface area contributed by atoms with E-state index in [4.69, 9.17) is 9.97 Å².